The molecule has 31 heavy (non-hydrogen) atoms. The van der Waals surface area contributed by atoms with Gasteiger partial charge in [-0.25, -0.2) is 0 Å². The number of morpholine rings is 1. The maximum absolute atomic E-state index is 14.1. The molecule has 1 saturated heterocycles. The molecule has 0 amide bonds. The molecule has 2 unspecified atom stereocenters. The first-order valence-electron chi connectivity index (χ1n) is 10.9. The molecule has 0 aromatic heterocycles. The zero-order chi connectivity index (χ0) is 21.3. The molecule has 4 heteroatoms. The second kappa shape index (κ2) is 11.3. The predicted octanol–water partition coefficient (Wildman–Crippen LogP) is 5.25. The van der Waals surface area contributed by atoms with Crippen LogP contribution in [-0.2, 0) is 9.53 Å². The number of hydrogen-bond acceptors (Lipinski definition) is 4. The van der Waals surface area contributed by atoms with Crippen LogP contribution in [0.5, 0.6) is 0 Å². The molecule has 0 aliphatic carbocycles. The lowest BCUT2D eigenvalue weighted by Gasteiger charge is -2.31. The van der Waals surface area contributed by atoms with Crippen LogP contribution in [-0.4, -0.2) is 49.3 Å². The fourth-order valence-electron chi connectivity index (χ4n) is 4.05. The highest BCUT2D eigenvalue weighted by Gasteiger charge is 2.31. The highest BCUT2D eigenvalue weighted by molar-refractivity contribution is 7.99. The third kappa shape index (κ3) is 6.07. The number of benzene rings is 3. The Hall–Kier alpha value is -2.40. The van der Waals surface area contributed by atoms with Crippen LogP contribution < -0.4 is 0 Å². The summed E-state index contributed by atoms with van der Waals surface area (Å²) >= 11 is 1.76. The predicted molar refractivity (Wildman–Crippen MR) is 128 cm³/mol. The van der Waals surface area contributed by atoms with E-state index >= 15 is 0 Å². The molecule has 0 N–H and O–H groups in total. The molecule has 3 nitrogen and oxygen atoms in total. The van der Waals surface area contributed by atoms with Crippen LogP contribution in [0.15, 0.2) is 95.9 Å². The molecule has 160 valence electrons. The topological polar surface area (TPSA) is 29.5 Å². The first-order chi connectivity index (χ1) is 15.3. The standard InChI is InChI=1S/C27H29NO2S/c29-27(25(22-10-4-1-5-11-22)20-28-16-18-30-19-17-28)26(23-12-6-2-7-13-23)21-31-24-14-8-3-9-15-24/h1-15,25-26H,16-21H2. The van der Waals surface area contributed by atoms with Gasteiger partial charge in [-0.2, -0.15) is 0 Å². The van der Waals surface area contributed by atoms with Gasteiger partial charge in [0.1, 0.15) is 5.78 Å². The van der Waals surface area contributed by atoms with Crippen molar-refractivity contribution in [2.24, 2.45) is 0 Å². The smallest absolute Gasteiger partial charge is 0.149 e. The van der Waals surface area contributed by atoms with Gasteiger partial charge in [0.25, 0.3) is 0 Å². The van der Waals surface area contributed by atoms with Gasteiger partial charge in [0, 0.05) is 30.3 Å². The third-order valence-corrected chi connectivity index (χ3v) is 6.90. The number of thioether (sulfide) groups is 1. The summed E-state index contributed by atoms with van der Waals surface area (Å²) in [7, 11) is 0. The van der Waals surface area contributed by atoms with Crippen LogP contribution in [0.2, 0.25) is 0 Å². The van der Waals surface area contributed by atoms with E-state index < -0.39 is 0 Å². The summed E-state index contributed by atoms with van der Waals surface area (Å²) in [6.45, 7) is 3.98. The highest BCUT2D eigenvalue weighted by atomic mass is 32.2. The van der Waals surface area contributed by atoms with E-state index in [2.05, 4.69) is 41.3 Å². The molecule has 4 rings (SSSR count). The minimum Gasteiger partial charge on any atom is -0.379 e. The molecule has 0 spiro atoms. The number of carbonyl (C=O) groups is 1. The van der Waals surface area contributed by atoms with E-state index in [1.807, 2.05) is 54.6 Å². The molecule has 3 aromatic carbocycles. The molecule has 2 atom stereocenters. The first-order valence-corrected chi connectivity index (χ1v) is 11.9. The molecule has 1 aliphatic rings. The molecule has 0 saturated carbocycles. The Morgan fingerprint density at radius 2 is 1.29 bits per heavy atom. The number of carbonyl (C=O) groups excluding carboxylic acids is 1. The van der Waals surface area contributed by atoms with Crippen LogP contribution in [0.1, 0.15) is 23.0 Å². The number of hydrogen-bond donors (Lipinski definition) is 0. The molecule has 3 aromatic rings. The van der Waals surface area contributed by atoms with Crippen molar-refractivity contribution in [1.29, 1.82) is 0 Å². The van der Waals surface area contributed by atoms with Gasteiger partial charge in [0.15, 0.2) is 0 Å². The number of rotatable bonds is 9. The maximum atomic E-state index is 14.1. The number of ether oxygens (including phenoxy) is 1. The maximum Gasteiger partial charge on any atom is 0.149 e. The zero-order valence-corrected chi connectivity index (χ0v) is 18.5. The van der Waals surface area contributed by atoms with Crippen molar-refractivity contribution in [3.05, 3.63) is 102 Å². The first kappa shape index (κ1) is 21.8. The van der Waals surface area contributed by atoms with E-state index in [4.69, 9.17) is 4.74 Å². The van der Waals surface area contributed by atoms with Gasteiger partial charge in [-0.05, 0) is 23.3 Å². The van der Waals surface area contributed by atoms with Crippen LogP contribution in [0, 0.1) is 0 Å². The van der Waals surface area contributed by atoms with Crippen molar-refractivity contribution >= 4 is 17.5 Å². The SMILES string of the molecule is O=C(C(CSc1ccccc1)c1ccccc1)C(CN1CCOCC1)c1ccccc1. The lowest BCUT2D eigenvalue weighted by atomic mass is 9.84. The average Bonchev–Trinajstić information content (AvgIpc) is 2.85. The summed E-state index contributed by atoms with van der Waals surface area (Å²) in [5, 5.41) is 0. The van der Waals surface area contributed by atoms with Gasteiger partial charge >= 0.3 is 0 Å². The normalized spacial score (nSPS) is 16.5. The quantitative estimate of drug-likeness (QED) is 0.433. The summed E-state index contributed by atoms with van der Waals surface area (Å²) in [4.78, 5) is 17.6. The van der Waals surface area contributed by atoms with Gasteiger partial charge in [-0.15, -0.1) is 11.8 Å². The molecule has 0 bridgehead atoms. The fourth-order valence-corrected chi connectivity index (χ4v) is 5.12. The minimum atomic E-state index is -0.155. The largest absolute Gasteiger partial charge is 0.379 e. The second-order valence-corrected chi connectivity index (χ2v) is 8.96. The number of nitrogens with zero attached hydrogens (tertiary/aromatic N) is 1. The summed E-state index contributed by atoms with van der Waals surface area (Å²) in [6, 6.07) is 30.9. The molecule has 1 aliphatic heterocycles. The van der Waals surface area contributed by atoms with Crippen molar-refractivity contribution in [2.75, 3.05) is 38.6 Å². The third-order valence-electron chi connectivity index (χ3n) is 5.80. The summed E-state index contributed by atoms with van der Waals surface area (Å²) in [5.74, 6) is 0.727. The van der Waals surface area contributed by atoms with Crippen LogP contribution in [0.25, 0.3) is 0 Å². The Morgan fingerprint density at radius 1 is 0.774 bits per heavy atom. The van der Waals surface area contributed by atoms with E-state index in [0.717, 1.165) is 49.7 Å². The van der Waals surface area contributed by atoms with Crippen LogP contribution in [0.3, 0.4) is 0 Å². The lowest BCUT2D eigenvalue weighted by molar-refractivity contribution is -0.122. The van der Waals surface area contributed by atoms with Gasteiger partial charge in [-0.3, -0.25) is 9.69 Å². The highest BCUT2D eigenvalue weighted by Crippen LogP contribution is 2.32. The Morgan fingerprint density at radius 3 is 1.87 bits per heavy atom. The summed E-state index contributed by atoms with van der Waals surface area (Å²) in [5.41, 5.74) is 2.20. The van der Waals surface area contributed by atoms with Crippen molar-refractivity contribution in [2.45, 2.75) is 16.7 Å². The molecular weight excluding hydrogens is 402 g/mol. The van der Waals surface area contributed by atoms with Crippen molar-refractivity contribution in [3.8, 4) is 0 Å². The Kier molecular flexibility index (Phi) is 7.94. The van der Waals surface area contributed by atoms with E-state index in [9.17, 15) is 4.79 Å². The van der Waals surface area contributed by atoms with Gasteiger partial charge < -0.3 is 4.74 Å². The zero-order valence-electron chi connectivity index (χ0n) is 17.7. The Bertz CT molecular complexity index is 927. The summed E-state index contributed by atoms with van der Waals surface area (Å²) in [6.07, 6.45) is 0. The van der Waals surface area contributed by atoms with E-state index in [1.54, 1.807) is 11.8 Å². The Labute approximate surface area is 189 Å². The fraction of sp³-hybridized carbons (Fsp3) is 0.296. The number of ketones is 1. The van der Waals surface area contributed by atoms with Gasteiger partial charge in [0.05, 0.1) is 25.0 Å². The monoisotopic (exact) mass is 431 g/mol. The summed E-state index contributed by atoms with van der Waals surface area (Å²) < 4.78 is 5.52. The van der Waals surface area contributed by atoms with Gasteiger partial charge in [0.2, 0.25) is 0 Å². The second-order valence-electron chi connectivity index (χ2n) is 7.87. The van der Waals surface area contributed by atoms with Gasteiger partial charge in [-0.1, -0.05) is 78.9 Å². The van der Waals surface area contributed by atoms with E-state index in [0.29, 0.717) is 5.78 Å². The van der Waals surface area contributed by atoms with Crippen molar-refractivity contribution < 1.29 is 9.53 Å². The number of Topliss-reactive ketones (excluding diaryl/α,β-unsaturated/α-hetero) is 1. The Balaban J connectivity index is 1.60. The average molecular weight is 432 g/mol. The molecule has 1 fully saturated rings. The minimum absolute atomic E-state index is 0.152. The van der Waals surface area contributed by atoms with Crippen molar-refractivity contribution in [1.82, 2.24) is 4.90 Å². The molecule has 1 heterocycles. The van der Waals surface area contributed by atoms with Crippen LogP contribution >= 0.6 is 11.8 Å². The van der Waals surface area contributed by atoms with E-state index in [-0.39, 0.29) is 11.8 Å². The molecule has 0 radical (unpaired) electrons. The van der Waals surface area contributed by atoms with Crippen molar-refractivity contribution in [3.63, 3.8) is 0 Å². The molecular formula is C27H29NO2S. The van der Waals surface area contributed by atoms with E-state index in [1.165, 1.54) is 4.90 Å². The lowest BCUT2D eigenvalue weighted by Crippen LogP contribution is -2.41. The van der Waals surface area contributed by atoms with Crippen LogP contribution in [0.4, 0.5) is 0 Å².